The standard InChI is InChI=1S/C9H20N2O3S/c1-11-5-4-9(8-11)10-15(13,14)7-3-2-6-12/h9-10,12H,2-8H2,1H3. The second-order valence-corrected chi connectivity index (χ2v) is 5.99. The molecule has 6 heteroatoms. The van der Waals surface area contributed by atoms with Crippen molar-refractivity contribution >= 4 is 10.0 Å². The van der Waals surface area contributed by atoms with Crippen molar-refractivity contribution in [3.8, 4) is 0 Å². The van der Waals surface area contributed by atoms with Crippen LogP contribution in [-0.2, 0) is 10.0 Å². The van der Waals surface area contributed by atoms with E-state index in [0.717, 1.165) is 19.5 Å². The van der Waals surface area contributed by atoms with Gasteiger partial charge in [0.2, 0.25) is 10.0 Å². The Labute approximate surface area is 91.5 Å². The van der Waals surface area contributed by atoms with E-state index in [2.05, 4.69) is 9.62 Å². The summed E-state index contributed by atoms with van der Waals surface area (Å²) in [5, 5.41) is 8.56. The molecular weight excluding hydrogens is 216 g/mol. The summed E-state index contributed by atoms with van der Waals surface area (Å²) in [7, 11) is -1.16. The van der Waals surface area contributed by atoms with Crippen LogP contribution in [0.15, 0.2) is 0 Å². The topological polar surface area (TPSA) is 69.6 Å². The Balaban J connectivity index is 2.29. The van der Waals surface area contributed by atoms with Gasteiger partial charge in [0.1, 0.15) is 0 Å². The van der Waals surface area contributed by atoms with E-state index in [4.69, 9.17) is 5.11 Å². The molecule has 0 spiro atoms. The van der Waals surface area contributed by atoms with Gasteiger partial charge < -0.3 is 10.0 Å². The Bertz CT molecular complexity index is 279. The predicted octanol–water partition coefficient (Wildman–Crippen LogP) is -0.618. The number of aliphatic hydroxyl groups excluding tert-OH is 1. The molecule has 0 aromatic carbocycles. The van der Waals surface area contributed by atoms with Crippen LogP contribution in [0.2, 0.25) is 0 Å². The maximum absolute atomic E-state index is 11.6. The van der Waals surface area contributed by atoms with Crippen LogP contribution in [0.4, 0.5) is 0 Å². The SMILES string of the molecule is CN1CCC(NS(=O)(=O)CCCCO)C1. The smallest absolute Gasteiger partial charge is 0.211 e. The predicted molar refractivity (Wildman–Crippen MR) is 59.1 cm³/mol. The maximum Gasteiger partial charge on any atom is 0.211 e. The lowest BCUT2D eigenvalue weighted by Crippen LogP contribution is -2.37. The molecule has 0 aliphatic carbocycles. The second-order valence-electron chi connectivity index (χ2n) is 4.12. The fourth-order valence-electron chi connectivity index (χ4n) is 1.75. The van der Waals surface area contributed by atoms with Crippen molar-refractivity contribution in [1.29, 1.82) is 0 Å². The molecule has 15 heavy (non-hydrogen) atoms. The van der Waals surface area contributed by atoms with Crippen LogP contribution < -0.4 is 4.72 Å². The van der Waals surface area contributed by atoms with E-state index in [-0.39, 0.29) is 18.4 Å². The third kappa shape index (κ3) is 4.92. The molecule has 0 aromatic rings. The lowest BCUT2D eigenvalue weighted by atomic mass is 10.3. The van der Waals surface area contributed by atoms with Crippen molar-refractivity contribution in [1.82, 2.24) is 9.62 Å². The number of unbranched alkanes of at least 4 members (excludes halogenated alkanes) is 1. The van der Waals surface area contributed by atoms with Crippen molar-refractivity contribution in [2.45, 2.75) is 25.3 Å². The zero-order valence-electron chi connectivity index (χ0n) is 9.15. The minimum Gasteiger partial charge on any atom is -0.396 e. The first-order valence-electron chi connectivity index (χ1n) is 5.33. The first-order valence-corrected chi connectivity index (χ1v) is 6.98. The molecule has 0 bridgehead atoms. The first kappa shape index (κ1) is 12.9. The van der Waals surface area contributed by atoms with Gasteiger partial charge in [-0.05, 0) is 32.9 Å². The molecule has 1 fully saturated rings. The molecule has 0 radical (unpaired) electrons. The monoisotopic (exact) mass is 236 g/mol. The van der Waals surface area contributed by atoms with E-state index < -0.39 is 10.0 Å². The van der Waals surface area contributed by atoms with Crippen LogP contribution in [0, 0.1) is 0 Å². The van der Waals surface area contributed by atoms with Gasteiger partial charge in [-0.2, -0.15) is 0 Å². The summed E-state index contributed by atoms with van der Waals surface area (Å²) in [4.78, 5) is 2.11. The number of nitrogens with one attached hydrogen (secondary N) is 1. The Morgan fingerprint density at radius 3 is 2.73 bits per heavy atom. The van der Waals surface area contributed by atoms with Gasteiger partial charge in [-0.25, -0.2) is 13.1 Å². The zero-order valence-corrected chi connectivity index (χ0v) is 9.96. The van der Waals surface area contributed by atoms with Crippen LogP contribution in [-0.4, -0.2) is 57.0 Å². The minimum atomic E-state index is -3.15. The average molecular weight is 236 g/mol. The number of sulfonamides is 1. The van der Waals surface area contributed by atoms with E-state index >= 15 is 0 Å². The van der Waals surface area contributed by atoms with Gasteiger partial charge in [0, 0.05) is 19.2 Å². The molecule has 1 aliphatic heterocycles. The molecule has 0 aromatic heterocycles. The van der Waals surface area contributed by atoms with E-state index in [1.54, 1.807) is 0 Å². The van der Waals surface area contributed by atoms with Gasteiger partial charge in [0.25, 0.3) is 0 Å². The first-order chi connectivity index (χ1) is 7.03. The minimum absolute atomic E-state index is 0.0572. The highest BCUT2D eigenvalue weighted by Gasteiger charge is 2.23. The zero-order chi connectivity index (χ0) is 11.3. The van der Waals surface area contributed by atoms with Crippen molar-refractivity contribution in [2.75, 3.05) is 32.5 Å². The Hall–Kier alpha value is -0.170. The van der Waals surface area contributed by atoms with Crippen LogP contribution in [0.3, 0.4) is 0 Å². The van der Waals surface area contributed by atoms with Crippen molar-refractivity contribution < 1.29 is 13.5 Å². The van der Waals surface area contributed by atoms with Crippen LogP contribution in [0.5, 0.6) is 0 Å². The summed E-state index contributed by atoms with van der Waals surface area (Å²) in [6.07, 6.45) is 1.95. The summed E-state index contributed by atoms with van der Waals surface area (Å²) < 4.78 is 25.8. The highest BCUT2D eigenvalue weighted by atomic mass is 32.2. The Morgan fingerprint density at radius 2 is 2.20 bits per heavy atom. The number of nitrogens with zero attached hydrogens (tertiary/aromatic N) is 1. The van der Waals surface area contributed by atoms with Crippen molar-refractivity contribution in [3.05, 3.63) is 0 Å². The van der Waals surface area contributed by atoms with Gasteiger partial charge in [-0.1, -0.05) is 0 Å². The highest BCUT2D eigenvalue weighted by molar-refractivity contribution is 7.89. The quantitative estimate of drug-likeness (QED) is 0.603. The lowest BCUT2D eigenvalue weighted by molar-refractivity contribution is 0.287. The van der Waals surface area contributed by atoms with Crippen LogP contribution in [0.25, 0.3) is 0 Å². The third-order valence-corrected chi connectivity index (χ3v) is 4.08. The second kappa shape index (κ2) is 5.79. The molecule has 1 rings (SSSR count). The molecule has 1 heterocycles. The fraction of sp³-hybridized carbons (Fsp3) is 1.00. The molecule has 1 unspecified atom stereocenters. The number of likely N-dealkylation sites (N-methyl/N-ethyl adjacent to an activating group) is 1. The Kier molecular flexibility index (Phi) is 4.98. The maximum atomic E-state index is 11.6. The molecule has 0 saturated carbocycles. The van der Waals surface area contributed by atoms with E-state index in [9.17, 15) is 8.42 Å². The molecule has 1 saturated heterocycles. The van der Waals surface area contributed by atoms with Gasteiger partial charge in [0.05, 0.1) is 5.75 Å². The summed E-state index contributed by atoms with van der Waals surface area (Å²) >= 11 is 0. The summed E-state index contributed by atoms with van der Waals surface area (Å²) in [6, 6.07) is 0.0640. The van der Waals surface area contributed by atoms with E-state index in [1.807, 2.05) is 7.05 Å². The number of hydrogen-bond donors (Lipinski definition) is 2. The number of aliphatic hydroxyl groups is 1. The number of rotatable bonds is 6. The molecular formula is C9H20N2O3S. The molecule has 2 N–H and O–H groups in total. The fourth-order valence-corrected chi connectivity index (χ4v) is 3.15. The lowest BCUT2D eigenvalue weighted by Gasteiger charge is -2.12. The molecule has 5 nitrogen and oxygen atoms in total. The molecule has 90 valence electrons. The largest absolute Gasteiger partial charge is 0.396 e. The molecule has 1 aliphatic rings. The number of hydrogen-bond acceptors (Lipinski definition) is 4. The van der Waals surface area contributed by atoms with E-state index in [0.29, 0.717) is 12.8 Å². The van der Waals surface area contributed by atoms with Gasteiger partial charge in [0.15, 0.2) is 0 Å². The molecule has 0 amide bonds. The van der Waals surface area contributed by atoms with Crippen molar-refractivity contribution in [3.63, 3.8) is 0 Å². The van der Waals surface area contributed by atoms with Crippen LogP contribution >= 0.6 is 0 Å². The normalized spacial score (nSPS) is 23.5. The third-order valence-electron chi connectivity index (χ3n) is 2.56. The summed E-state index contributed by atoms with van der Waals surface area (Å²) in [6.45, 7) is 1.80. The molecule has 1 atom stereocenters. The Morgan fingerprint density at radius 1 is 1.47 bits per heavy atom. The summed E-state index contributed by atoms with van der Waals surface area (Å²) in [5.74, 6) is 0.119. The highest BCUT2D eigenvalue weighted by Crippen LogP contribution is 2.08. The van der Waals surface area contributed by atoms with Gasteiger partial charge in [-0.3, -0.25) is 0 Å². The van der Waals surface area contributed by atoms with E-state index in [1.165, 1.54) is 0 Å². The van der Waals surface area contributed by atoms with Crippen LogP contribution in [0.1, 0.15) is 19.3 Å². The number of likely N-dealkylation sites (tertiary alicyclic amines) is 1. The van der Waals surface area contributed by atoms with Gasteiger partial charge >= 0.3 is 0 Å². The van der Waals surface area contributed by atoms with Crippen molar-refractivity contribution in [2.24, 2.45) is 0 Å². The van der Waals surface area contributed by atoms with Gasteiger partial charge in [-0.15, -0.1) is 0 Å². The summed E-state index contributed by atoms with van der Waals surface area (Å²) in [5.41, 5.74) is 0. The average Bonchev–Trinajstić information content (AvgIpc) is 2.50.